The van der Waals surface area contributed by atoms with Crippen molar-refractivity contribution in [3.8, 4) is 11.3 Å². The summed E-state index contributed by atoms with van der Waals surface area (Å²) < 4.78 is 13.5. The minimum Gasteiger partial charge on any atom is -0.359 e. The van der Waals surface area contributed by atoms with Crippen LogP contribution < -0.4 is 5.32 Å². The molecule has 1 heterocycles. The lowest BCUT2D eigenvalue weighted by Gasteiger charge is -2.33. The predicted octanol–water partition coefficient (Wildman–Crippen LogP) is 4.79. The summed E-state index contributed by atoms with van der Waals surface area (Å²) in [6, 6.07) is 20.2. The molecular weight excluding hydrogens is 339 g/mol. The van der Waals surface area contributed by atoms with E-state index in [1.165, 1.54) is 12.1 Å². The highest BCUT2D eigenvalue weighted by atomic mass is 19.1. The first-order valence-corrected chi connectivity index (χ1v) is 8.92. The Morgan fingerprint density at radius 1 is 1.00 bits per heavy atom. The fraction of sp³-hybridized carbons (Fsp3) is 0.217. The summed E-state index contributed by atoms with van der Waals surface area (Å²) in [7, 11) is 1.65. The van der Waals surface area contributed by atoms with E-state index in [2.05, 4.69) is 10.3 Å². The smallest absolute Gasteiger partial charge is 0.226 e. The third-order valence-electron chi connectivity index (χ3n) is 4.91. The number of hydrogen-bond acceptors (Lipinski definition) is 2. The highest BCUT2D eigenvalue weighted by Gasteiger charge is 2.38. The van der Waals surface area contributed by atoms with E-state index < -0.39 is 5.41 Å². The van der Waals surface area contributed by atoms with Gasteiger partial charge in [0.25, 0.3) is 0 Å². The minimum atomic E-state index is -0.668. The molecule has 3 rings (SSSR count). The molecule has 0 fully saturated rings. The Morgan fingerprint density at radius 2 is 1.74 bits per heavy atom. The number of hydrogen-bond donors (Lipinski definition) is 1. The van der Waals surface area contributed by atoms with Crippen LogP contribution in [0.5, 0.6) is 0 Å². The molecule has 2 aromatic carbocycles. The van der Waals surface area contributed by atoms with E-state index in [9.17, 15) is 9.18 Å². The Morgan fingerprint density at radius 3 is 2.33 bits per heavy atom. The first kappa shape index (κ1) is 18.8. The average molecular weight is 362 g/mol. The quantitative estimate of drug-likeness (QED) is 0.709. The number of nitrogens with zero attached hydrogens (tertiary/aromatic N) is 1. The summed E-state index contributed by atoms with van der Waals surface area (Å²) in [5, 5.41) is 2.77. The molecule has 138 valence electrons. The molecule has 4 heteroatoms. The number of carbonyl (C=O) groups excluding carboxylic acids is 1. The average Bonchev–Trinajstić information content (AvgIpc) is 2.68. The van der Waals surface area contributed by atoms with Crippen molar-refractivity contribution in [2.45, 2.75) is 19.8 Å². The molecule has 1 N–H and O–H groups in total. The van der Waals surface area contributed by atoms with Crippen molar-refractivity contribution >= 4 is 5.91 Å². The number of halogens is 1. The van der Waals surface area contributed by atoms with Crippen LogP contribution in [0.1, 0.15) is 30.9 Å². The monoisotopic (exact) mass is 362 g/mol. The van der Waals surface area contributed by atoms with Crippen LogP contribution in [0.15, 0.2) is 72.9 Å². The van der Waals surface area contributed by atoms with Gasteiger partial charge in [-0.15, -0.1) is 0 Å². The zero-order valence-corrected chi connectivity index (χ0v) is 15.7. The van der Waals surface area contributed by atoms with Gasteiger partial charge in [0.15, 0.2) is 0 Å². The van der Waals surface area contributed by atoms with Crippen molar-refractivity contribution in [1.82, 2.24) is 10.3 Å². The van der Waals surface area contributed by atoms with Crippen LogP contribution >= 0.6 is 0 Å². The number of nitrogens with one attached hydrogen (secondary N) is 1. The lowest BCUT2D eigenvalue weighted by molar-refractivity contribution is -0.129. The molecule has 3 aromatic rings. The molecule has 1 atom stereocenters. The molecule has 1 aromatic heterocycles. The zero-order chi connectivity index (χ0) is 19.4. The maximum Gasteiger partial charge on any atom is 0.226 e. The maximum atomic E-state index is 13.5. The highest BCUT2D eigenvalue weighted by Crippen LogP contribution is 2.41. The van der Waals surface area contributed by atoms with Gasteiger partial charge in [-0.05, 0) is 29.3 Å². The molecule has 0 saturated heterocycles. The summed E-state index contributed by atoms with van der Waals surface area (Å²) >= 11 is 0. The molecule has 0 bridgehead atoms. The fourth-order valence-electron chi connectivity index (χ4n) is 3.52. The van der Waals surface area contributed by atoms with Gasteiger partial charge in [0.1, 0.15) is 5.82 Å². The normalized spacial score (nSPS) is 12.4. The van der Waals surface area contributed by atoms with E-state index >= 15 is 0 Å². The molecular formula is C23H23FN2O. The standard InChI is InChI=1S/C23H23FN2O/c1-23(2,22(27)25-3)21(16-8-5-4-6-9-16)18-12-13-20(26-15-18)17-10-7-11-19(24)14-17/h4-15,21H,1-3H3,(H,25,27). The number of benzene rings is 2. The predicted molar refractivity (Wildman–Crippen MR) is 106 cm³/mol. The molecule has 0 radical (unpaired) electrons. The first-order chi connectivity index (χ1) is 12.9. The van der Waals surface area contributed by atoms with Gasteiger partial charge in [0, 0.05) is 24.7 Å². The minimum absolute atomic E-state index is 0.0365. The molecule has 27 heavy (non-hydrogen) atoms. The third-order valence-corrected chi connectivity index (χ3v) is 4.91. The second-order valence-electron chi connectivity index (χ2n) is 7.13. The van der Waals surface area contributed by atoms with Gasteiger partial charge in [-0.25, -0.2) is 4.39 Å². The van der Waals surface area contributed by atoms with E-state index in [1.54, 1.807) is 19.3 Å². The van der Waals surface area contributed by atoms with Crippen molar-refractivity contribution in [2.75, 3.05) is 7.05 Å². The molecule has 3 nitrogen and oxygen atoms in total. The summed E-state index contributed by atoms with van der Waals surface area (Å²) in [5.41, 5.74) is 2.74. The molecule has 0 aliphatic rings. The molecule has 1 unspecified atom stereocenters. The van der Waals surface area contributed by atoms with Crippen LogP contribution in [0.2, 0.25) is 0 Å². The van der Waals surface area contributed by atoms with Gasteiger partial charge < -0.3 is 5.32 Å². The van der Waals surface area contributed by atoms with E-state index in [1.807, 2.05) is 62.4 Å². The maximum absolute atomic E-state index is 13.5. The fourth-order valence-corrected chi connectivity index (χ4v) is 3.52. The van der Waals surface area contributed by atoms with E-state index in [0.717, 1.165) is 16.7 Å². The van der Waals surface area contributed by atoms with E-state index in [0.29, 0.717) is 5.69 Å². The van der Waals surface area contributed by atoms with Gasteiger partial charge >= 0.3 is 0 Å². The number of amides is 1. The van der Waals surface area contributed by atoms with Crippen LogP contribution in [0, 0.1) is 11.2 Å². The largest absolute Gasteiger partial charge is 0.359 e. The Labute approximate surface area is 159 Å². The first-order valence-electron chi connectivity index (χ1n) is 8.92. The summed E-state index contributed by atoms with van der Waals surface area (Å²) in [4.78, 5) is 17.1. The van der Waals surface area contributed by atoms with Crippen molar-refractivity contribution in [3.05, 3.63) is 89.9 Å². The van der Waals surface area contributed by atoms with Crippen LogP contribution in [0.3, 0.4) is 0 Å². The van der Waals surface area contributed by atoms with E-state index in [4.69, 9.17) is 0 Å². The van der Waals surface area contributed by atoms with Crippen molar-refractivity contribution in [3.63, 3.8) is 0 Å². The SMILES string of the molecule is CNC(=O)C(C)(C)C(c1ccccc1)c1ccc(-c2cccc(F)c2)nc1. The number of rotatable bonds is 5. The number of aromatic nitrogens is 1. The van der Waals surface area contributed by atoms with Gasteiger partial charge in [0.05, 0.1) is 11.1 Å². The van der Waals surface area contributed by atoms with Gasteiger partial charge in [-0.2, -0.15) is 0 Å². The summed E-state index contributed by atoms with van der Waals surface area (Å²) in [6.45, 7) is 3.87. The van der Waals surface area contributed by atoms with Crippen LogP contribution in [0.4, 0.5) is 4.39 Å². The van der Waals surface area contributed by atoms with Crippen molar-refractivity contribution in [2.24, 2.45) is 5.41 Å². The number of pyridine rings is 1. The van der Waals surface area contributed by atoms with Crippen LogP contribution in [-0.2, 0) is 4.79 Å². The Hall–Kier alpha value is -3.01. The lowest BCUT2D eigenvalue weighted by Crippen LogP contribution is -2.39. The number of carbonyl (C=O) groups is 1. The lowest BCUT2D eigenvalue weighted by atomic mass is 9.71. The summed E-state index contributed by atoms with van der Waals surface area (Å²) in [5.74, 6) is -0.487. The Bertz CT molecular complexity index is 921. The highest BCUT2D eigenvalue weighted by molar-refractivity contribution is 5.83. The summed E-state index contributed by atoms with van der Waals surface area (Å²) in [6.07, 6.45) is 1.78. The molecule has 0 spiro atoms. The molecule has 0 aliphatic heterocycles. The zero-order valence-electron chi connectivity index (χ0n) is 15.7. The van der Waals surface area contributed by atoms with Crippen molar-refractivity contribution in [1.29, 1.82) is 0 Å². The second kappa shape index (κ2) is 7.70. The van der Waals surface area contributed by atoms with Crippen molar-refractivity contribution < 1.29 is 9.18 Å². The third kappa shape index (κ3) is 3.90. The molecule has 0 saturated carbocycles. The van der Waals surface area contributed by atoms with Gasteiger partial charge in [0.2, 0.25) is 5.91 Å². The van der Waals surface area contributed by atoms with Crippen LogP contribution in [-0.4, -0.2) is 17.9 Å². The second-order valence-corrected chi connectivity index (χ2v) is 7.13. The van der Waals surface area contributed by atoms with Gasteiger partial charge in [-0.1, -0.05) is 62.4 Å². The van der Waals surface area contributed by atoms with Crippen LogP contribution in [0.25, 0.3) is 11.3 Å². The Balaban J connectivity index is 2.04. The molecule has 0 aliphatic carbocycles. The topological polar surface area (TPSA) is 42.0 Å². The Kier molecular flexibility index (Phi) is 5.36. The van der Waals surface area contributed by atoms with Gasteiger partial charge in [-0.3, -0.25) is 9.78 Å². The van der Waals surface area contributed by atoms with E-state index in [-0.39, 0.29) is 17.6 Å². The molecule has 1 amide bonds.